The van der Waals surface area contributed by atoms with Crippen molar-refractivity contribution < 1.29 is 23.9 Å². The third-order valence-corrected chi connectivity index (χ3v) is 8.73. The lowest BCUT2D eigenvalue weighted by Gasteiger charge is -2.38. The Balaban J connectivity index is 1.46. The first-order valence-corrected chi connectivity index (χ1v) is 13.4. The number of fused-ring (bicyclic) bond motifs is 7. The maximum Gasteiger partial charge on any atom is 0.319 e. The number of amides is 2. The maximum absolute atomic E-state index is 14.3. The number of benzene rings is 4. The fourth-order valence-electron chi connectivity index (χ4n) is 6.60. The van der Waals surface area contributed by atoms with Crippen LogP contribution in [0.4, 0.5) is 5.69 Å². The molecule has 0 spiro atoms. The van der Waals surface area contributed by atoms with Crippen LogP contribution in [0.2, 0.25) is 0 Å². The number of aryl methyl sites for hydroxylation is 2. The minimum absolute atomic E-state index is 0.300. The summed E-state index contributed by atoms with van der Waals surface area (Å²) in [6, 6.07) is 24.8. The number of carbonyl (C=O) groups excluding carboxylic acids is 3. The van der Waals surface area contributed by atoms with Crippen molar-refractivity contribution >= 4 is 39.8 Å². The van der Waals surface area contributed by atoms with Crippen LogP contribution in [0.5, 0.6) is 11.5 Å². The number of imide groups is 1. The SMILES string of the molecule is COc1ccc([C@@H]2C=C3c4c(ccc5ccccc45)OC(=O)[C@@H]3[C@H]3C(=O)N(c4ccc(C)c(C)c4)C(=O)[C@@H]32)cc1. The van der Waals surface area contributed by atoms with Gasteiger partial charge in [-0.05, 0) is 77.2 Å². The van der Waals surface area contributed by atoms with Gasteiger partial charge in [0.25, 0.3) is 0 Å². The van der Waals surface area contributed by atoms with E-state index in [1.165, 1.54) is 4.90 Å². The van der Waals surface area contributed by atoms with Crippen LogP contribution in [-0.4, -0.2) is 24.9 Å². The van der Waals surface area contributed by atoms with Crippen molar-refractivity contribution in [2.45, 2.75) is 19.8 Å². The molecule has 3 aliphatic rings. The average Bonchev–Trinajstić information content (AvgIpc) is 3.23. The number of esters is 1. The Kier molecular flexibility index (Phi) is 5.42. The summed E-state index contributed by atoms with van der Waals surface area (Å²) in [5.74, 6) is -2.94. The maximum atomic E-state index is 14.3. The van der Waals surface area contributed by atoms with E-state index in [4.69, 9.17) is 9.47 Å². The molecule has 0 saturated carbocycles. The van der Waals surface area contributed by atoms with Gasteiger partial charge in [0, 0.05) is 11.5 Å². The van der Waals surface area contributed by atoms with Crippen LogP contribution >= 0.6 is 0 Å². The molecule has 6 nitrogen and oxygen atoms in total. The molecule has 0 N–H and O–H groups in total. The Labute approximate surface area is 231 Å². The largest absolute Gasteiger partial charge is 0.497 e. The number of allylic oxidation sites excluding steroid dienone is 1. The summed E-state index contributed by atoms with van der Waals surface area (Å²) >= 11 is 0. The summed E-state index contributed by atoms with van der Waals surface area (Å²) in [6.45, 7) is 3.94. The fourth-order valence-corrected chi connectivity index (χ4v) is 6.60. The van der Waals surface area contributed by atoms with Crippen molar-refractivity contribution in [3.05, 3.63) is 107 Å². The lowest BCUT2D eigenvalue weighted by molar-refractivity contribution is -0.142. The number of anilines is 1. The highest BCUT2D eigenvalue weighted by Crippen LogP contribution is 2.55. The molecule has 0 radical (unpaired) electrons. The third-order valence-electron chi connectivity index (χ3n) is 8.73. The van der Waals surface area contributed by atoms with E-state index >= 15 is 0 Å². The number of methoxy groups -OCH3 is 1. The zero-order valence-electron chi connectivity index (χ0n) is 22.4. The average molecular weight is 530 g/mol. The van der Waals surface area contributed by atoms with Crippen LogP contribution in [0.1, 0.15) is 28.2 Å². The van der Waals surface area contributed by atoms with Gasteiger partial charge < -0.3 is 9.47 Å². The van der Waals surface area contributed by atoms with E-state index in [2.05, 4.69) is 0 Å². The van der Waals surface area contributed by atoms with Gasteiger partial charge in [0.05, 0.1) is 30.6 Å². The van der Waals surface area contributed by atoms with Crippen LogP contribution in [0.25, 0.3) is 16.3 Å². The Bertz CT molecular complexity index is 1770. The van der Waals surface area contributed by atoms with E-state index < -0.39 is 29.6 Å². The molecule has 4 aromatic rings. The Morgan fingerprint density at radius 2 is 1.55 bits per heavy atom. The van der Waals surface area contributed by atoms with E-state index in [1.54, 1.807) is 13.2 Å². The smallest absolute Gasteiger partial charge is 0.319 e. The van der Waals surface area contributed by atoms with Crippen molar-refractivity contribution in [1.82, 2.24) is 0 Å². The minimum atomic E-state index is -0.888. The van der Waals surface area contributed by atoms with Gasteiger partial charge in [0.1, 0.15) is 11.5 Å². The molecule has 7 rings (SSSR count). The number of rotatable bonds is 3. The highest BCUT2D eigenvalue weighted by molar-refractivity contribution is 6.25. The predicted molar refractivity (Wildman–Crippen MR) is 152 cm³/mol. The fraction of sp³-hybridized carbons (Fsp3) is 0.206. The summed E-state index contributed by atoms with van der Waals surface area (Å²) in [7, 11) is 1.61. The topological polar surface area (TPSA) is 72.9 Å². The number of ether oxygens (including phenoxy) is 2. The first-order valence-electron chi connectivity index (χ1n) is 13.4. The molecule has 1 saturated heterocycles. The molecule has 0 aromatic heterocycles. The number of hydrogen-bond donors (Lipinski definition) is 0. The molecule has 4 aromatic carbocycles. The molecule has 2 aliphatic heterocycles. The predicted octanol–water partition coefficient (Wildman–Crippen LogP) is 5.99. The zero-order chi connectivity index (χ0) is 27.7. The van der Waals surface area contributed by atoms with Gasteiger partial charge in [-0.15, -0.1) is 0 Å². The Morgan fingerprint density at radius 3 is 2.30 bits per heavy atom. The third kappa shape index (κ3) is 3.45. The first kappa shape index (κ1) is 24.3. The number of carbonyl (C=O) groups is 3. The van der Waals surface area contributed by atoms with E-state index in [9.17, 15) is 14.4 Å². The van der Waals surface area contributed by atoms with Crippen molar-refractivity contribution in [3.8, 4) is 11.5 Å². The van der Waals surface area contributed by atoms with Gasteiger partial charge in [-0.1, -0.05) is 54.6 Å². The van der Waals surface area contributed by atoms with E-state index in [0.29, 0.717) is 17.2 Å². The van der Waals surface area contributed by atoms with Gasteiger partial charge in [-0.2, -0.15) is 0 Å². The second kappa shape index (κ2) is 8.91. The van der Waals surface area contributed by atoms with Gasteiger partial charge in [0.2, 0.25) is 11.8 Å². The van der Waals surface area contributed by atoms with E-state index in [1.807, 2.05) is 92.7 Å². The minimum Gasteiger partial charge on any atom is -0.497 e. The van der Waals surface area contributed by atoms with E-state index in [0.717, 1.165) is 38.6 Å². The standard InChI is InChI=1S/C34H27NO5/c1-18-8-12-22(16-19(18)2)35-32(36)29-25(21-9-13-23(39-3)14-10-21)17-26-28-24-7-5-4-6-20(24)11-15-27(28)40-34(38)30(26)31(29)33(35)37/h4-17,25,29-31H,1-3H3/t25-,29+,30-,31-/m0/s1. The summed E-state index contributed by atoms with van der Waals surface area (Å²) in [5.41, 5.74) is 5.01. The van der Waals surface area contributed by atoms with Crippen molar-refractivity contribution in [2.75, 3.05) is 12.0 Å². The summed E-state index contributed by atoms with van der Waals surface area (Å²) in [5, 5.41) is 1.95. The molecular weight excluding hydrogens is 502 g/mol. The zero-order valence-corrected chi connectivity index (χ0v) is 22.4. The second-order valence-corrected chi connectivity index (χ2v) is 10.8. The lowest BCUT2D eigenvalue weighted by Crippen LogP contribution is -2.42. The van der Waals surface area contributed by atoms with E-state index in [-0.39, 0.29) is 11.8 Å². The monoisotopic (exact) mass is 529 g/mol. The van der Waals surface area contributed by atoms with Crippen LogP contribution < -0.4 is 14.4 Å². The van der Waals surface area contributed by atoms with Gasteiger partial charge >= 0.3 is 5.97 Å². The molecule has 6 heteroatoms. The molecule has 198 valence electrons. The van der Waals surface area contributed by atoms with Gasteiger partial charge in [-0.3, -0.25) is 14.4 Å². The molecule has 2 heterocycles. The molecule has 0 unspecified atom stereocenters. The van der Waals surface area contributed by atoms with Gasteiger partial charge in [-0.25, -0.2) is 4.90 Å². The number of hydrogen-bond acceptors (Lipinski definition) is 5. The highest BCUT2D eigenvalue weighted by Gasteiger charge is 2.60. The quantitative estimate of drug-likeness (QED) is 0.185. The second-order valence-electron chi connectivity index (χ2n) is 10.8. The van der Waals surface area contributed by atoms with Crippen molar-refractivity contribution in [1.29, 1.82) is 0 Å². The summed E-state index contributed by atoms with van der Waals surface area (Å²) < 4.78 is 11.2. The Hall–Kier alpha value is -4.71. The number of nitrogens with zero attached hydrogens (tertiary/aromatic N) is 1. The van der Waals surface area contributed by atoms with Gasteiger partial charge in [0.15, 0.2) is 0 Å². The summed E-state index contributed by atoms with van der Waals surface area (Å²) in [4.78, 5) is 43.4. The van der Waals surface area contributed by atoms with Crippen LogP contribution in [-0.2, 0) is 14.4 Å². The first-order chi connectivity index (χ1) is 19.4. The molecule has 1 aliphatic carbocycles. The Morgan fingerprint density at radius 1 is 0.800 bits per heavy atom. The lowest BCUT2D eigenvalue weighted by atomic mass is 9.64. The van der Waals surface area contributed by atoms with Crippen LogP contribution in [0, 0.1) is 31.6 Å². The molecule has 40 heavy (non-hydrogen) atoms. The molecule has 4 atom stereocenters. The van der Waals surface area contributed by atoms with Crippen LogP contribution in [0.15, 0.2) is 84.9 Å². The molecule has 1 fully saturated rings. The van der Waals surface area contributed by atoms with Crippen LogP contribution in [0.3, 0.4) is 0 Å². The highest BCUT2D eigenvalue weighted by atomic mass is 16.5. The molecule has 2 amide bonds. The summed E-state index contributed by atoms with van der Waals surface area (Å²) in [6.07, 6.45) is 2.02. The normalized spacial score (nSPS) is 23.3. The molecule has 0 bridgehead atoms. The van der Waals surface area contributed by atoms with Crippen molar-refractivity contribution in [2.24, 2.45) is 17.8 Å². The molecular formula is C34H27NO5. The van der Waals surface area contributed by atoms with Crippen molar-refractivity contribution in [3.63, 3.8) is 0 Å².